The van der Waals surface area contributed by atoms with Gasteiger partial charge in [-0.05, 0) is 62.3 Å². The lowest BCUT2D eigenvalue weighted by Crippen LogP contribution is -2.52. The number of hydrazine groups is 1. The van der Waals surface area contributed by atoms with E-state index in [2.05, 4.69) is 35.3 Å². The van der Waals surface area contributed by atoms with Gasteiger partial charge in [0.1, 0.15) is 0 Å². The molecule has 1 aromatic carbocycles. The van der Waals surface area contributed by atoms with Crippen LogP contribution in [0.25, 0.3) is 0 Å². The molecule has 4 nitrogen and oxygen atoms in total. The summed E-state index contributed by atoms with van der Waals surface area (Å²) < 4.78 is 0. The summed E-state index contributed by atoms with van der Waals surface area (Å²) in [6.45, 7) is 4.33. The molecule has 2 atom stereocenters. The van der Waals surface area contributed by atoms with E-state index >= 15 is 0 Å². The summed E-state index contributed by atoms with van der Waals surface area (Å²) >= 11 is 10.6. The van der Waals surface area contributed by atoms with Crippen molar-refractivity contribution in [1.82, 2.24) is 16.2 Å². The van der Waals surface area contributed by atoms with Crippen molar-refractivity contribution in [2.75, 3.05) is 5.32 Å². The molecule has 2 rings (SSSR count). The molecule has 0 aliphatic heterocycles. The minimum Gasteiger partial charge on any atom is -0.358 e. The van der Waals surface area contributed by atoms with Gasteiger partial charge in [0.2, 0.25) is 0 Å². The Bertz CT molecular complexity index is 515. The molecule has 0 bridgehead atoms. The average molecular weight is 337 g/mol. The Hall–Kier alpha value is -1.40. The lowest BCUT2D eigenvalue weighted by atomic mass is 9.86. The smallest absolute Gasteiger partial charge is 0.189 e. The number of rotatable bonds is 2. The Kier molecular flexibility index (Phi) is 6.39. The molecule has 120 valence electrons. The predicted molar refractivity (Wildman–Crippen MR) is 101 cm³/mol. The third-order valence-corrected chi connectivity index (χ3v) is 4.45. The van der Waals surface area contributed by atoms with Crippen molar-refractivity contribution in [3.8, 4) is 0 Å². The van der Waals surface area contributed by atoms with Gasteiger partial charge in [-0.15, -0.1) is 0 Å². The third-order valence-electron chi connectivity index (χ3n) is 4.03. The number of hydrogen-bond donors (Lipinski definition) is 4. The summed E-state index contributed by atoms with van der Waals surface area (Å²) in [5, 5.41) is 7.55. The van der Waals surface area contributed by atoms with Crippen LogP contribution in [-0.4, -0.2) is 16.3 Å². The zero-order valence-corrected chi connectivity index (χ0v) is 14.7. The first-order chi connectivity index (χ1) is 10.5. The first-order valence-electron chi connectivity index (χ1n) is 7.75. The zero-order valence-electron chi connectivity index (χ0n) is 13.1. The topological polar surface area (TPSA) is 48.1 Å². The molecular formula is C16H24N4S2. The number of anilines is 1. The monoisotopic (exact) mass is 336 g/mol. The molecule has 0 amide bonds. The van der Waals surface area contributed by atoms with Crippen LogP contribution in [0.3, 0.4) is 0 Å². The van der Waals surface area contributed by atoms with Crippen LogP contribution in [0, 0.1) is 12.8 Å². The van der Waals surface area contributed by atoms with Crippen molar-refractivity contribution in [1.29, 1.82) is 0 Å². The van der Waals surface area contributed by atoms with Crippen molar-refractivity contribution in [2.24, 2.45) is 5.92 Å². The van der Waals surface area contributed by atoms with Gasteiger partial charge < -0.3 is 10.6 Å². The fourth-order valence-electron chi connectivity index (χ4n) is 2.65. The van der Waals surface area contributed by atoms with Crippen LogP contribution in [0.5, 0.6) is 0 Å². The summed E-state index contributed by atoms with van der Waals surface area (Å²) in [5.74, 6) is 0.658. The van der Waals surface area contributed by atoms with E-state index in [9.17, 15) is 0 Å². The van der Waals surface area contributed by atoms with E-state index in [1.54, 1.807) is 0 Å². The van der Waals surface area contributed by atoms with Gasteiger partial charge >= 0.3 is 0 Å². The molecule has 1 aromatic rings. The van der Waals surface area contributed by atoms with Crippen molar-refractivity contribution < 1.29 is 0 Å². The van der Waals surface area contributed by atoms with Gasteiger partial charge in [0.25, 0.3) is 0 Å². The van der Waals surface area contributed by atoms with Gasteiger partial charge in [-0.1, -0.05) is 37.5 Å². The summed E-state index contributed by atoms with van der Waals surface area (Å²) in [7, 11) is 0. The second kappa shape index (κ2) is 8.29. The van der Waals surface area contributed by atoms with Crippen molar-refractivity contribution in [3.63, 3.8) is 0 Å². The Morgan fingerprint density at radius 1 is 1.00 bits per heavy atom. The Balaban J connectivity index is 1.71. The maximum absolute atomic E-state index is 5.32. The average Bonchev–Trinajstić information content (AvgIpc) is 2.50. The van der Waals surface area contributed by atoms with Crippen LogP contribution >= 0.6 is 24.4 Å². The normalized spacial score (nSPS) is 20.8. The van der Waals surface area contributed by atoms with Gasteiger partial charge in [0, 0.05) is 11.7 Å². The number of nitrogens with one attached hydrogen (secondary N) is 4. The number of benzene rings is 1. The molecule has 0 saturated heterocycles. The van der Waals surface area contributed by atoms with Crippen LogP contribution < -0.4 is 21.5 Å². The standard InChI is InChI=1S/C16H24N4S2/c1-11-7-9-13(10-8-11)17-15(21)19-20-16(22)18-14-6-4-3-5-12(14)2/h7-10,12,14H,3-6H2,1-2H3,(H2,17,19,21)(H2,18,20,22)/t12-,14-/m1/s1. The maximum Gasteiger partial charge on any atom is 0.189 e. The van der Waals surface area contributed by atoms with Crippen molar-refractivity contribution in [3.05, 3.63) is 29.8 Å². The highest BCUT2D eigenvalue weighted by molar-refractivity contribution is 7.80. The summed E-state index contributed by atoms with van der Waals surface area (Å²) in [6, 6.07) is 8.51. The van der Waals surface area contributed by atoms with E-state index in [0.29, 0.717) is 22.2 Å². The highest BCUT2D eigenvalue weighted by Gasteiger charge is 2.21. The lowest BCUT2D eigenvalue weighted by molar-refractivity contribution is 0.308. The minimum absolute atomic E-state index is 0.453. The lowest BCUT2D eigenvalue weighted by Gasteiger charge is -2.30. The summed E-state index contributed by atoms with van der Waals surface area (Å²) in [4.78, 5) is 0. The van der Waals surface area contributed by atoms with Crippen LogP contribution in [0.15, 0.2) is 24.3 Å². The van der Waals surface area contributed by atoms with Crippen molar-refractivity contribution in [2.45, 2.75) is 45.6 Å². The SMILES string of the molecule is Cc1ccc(NC(=S)NNC(=S)N[C@@H]2CCCC[C@H]2C)cc1. The highest BCUT2D eigenvalue weighted by atomic mass is 32.1. The molecule has 0 aromatic heterocycles. The van der Waals surface area contributed by atoms with Gasteiger partial charge in [0.05, 0.1) is 0 Å². The second-order valence-electron chi connectivity index (χ2n) is 5.91. The van der Waals surface area contributed by atoms with E-state index in [1.807, 2.05) is 24.3 Å². The highest BCUT2D eigenvalue weighted by Crippen LogP contribution is 2.23. The molecule has 0 unspecified atom stereocenters. The van der Waals surface area contributed by atoms with Crippen LogP contribution in [0.2, 0.25) is 0 Å². The van der Waals surface area contributed by atoms with Gasteiger partial charge in [-0.25, -0.2) is 0 Å². The van der Waals surface area contributed by atoms with Crippen LogP contribution in [0.4, 0.5) is 5.69 Å². The van der Waals surface area contributed by atoms with Gasteiger partial charge in [-0.3, -0.25) is 10.9 Å². The van der Waals surface area contributed by atoms with E-state index in [-0.39, 0.29) is 0 Å². The first-order valence-corrected chi connectivity index (χ1v) is 8.56. The van der Waals surface area contributed by atoms with E-state index in [0.717, 1.165) is 5.69 Å². The second-order valence-corrected chi connectivity index (χ2v) is 6.73. The summed E-state index contributed by atoms with van der Waals surface area (Å²) in [5.41, 5.74) is 8.03. The number of aryl methyl sites for hydroxylation is 1. The third kappa shape index (κ3) is 5.42. The molecule has 0 radical (unpaired) electrons. The molecule has 1 aliphatic rings. The molecule has 4 N–H and O–H groups in total. The fraction of sp³-hybridized carbons (Fsp3) is 0.500. The Labute approximate surface area is 143 Å². The van der Waals surface area contributed by atoms with Crippen LogP contribution in [0.1, 0.15) is 38.2 Å². The largest absolute Gasteiger partial charge is 0.358 e. The Morgan fingerprint density at radius 3 is 2.32 bits per heavy atom. The van der Waals surface area contributed by atoms with Crippen molar-refractivity contribution >= 4 is 40.3 Å². The van der Waals surface area contributed by atoms with Gasteiger partial charge in [-0.2, -0.15) is 0 Å². The minimum atomic E-state index is 0.453. The molecular weight excluding hydrogens is 312 g/mol. The van der Waals surface area contributed by atoms with E-state index in [1.165, 1.54) is 31.2 Å². The molecule has 22 heavy (non-hydrogen) atoms. The van der Waals surface area contributed by atoms with E-state index in [4.69, 9.17) is 24.4 Å². The molecule has 1 aliphatic carbocycles. The molecule has 1 fully saturated rings. The number of thiocarbonyl (C=S) groups is 2. The van der Waals surface area contributed by atoms with Gasteiger partial charge in [0.15, 0.2) is 10.2 Å². The van der Waals surface area contributed by atoms with Crippen LogP contribution in [-0.2, 0) is 0 Å². The molecule has 0 spiro atoms. The summed E-state index contributed by atoms with van der Waals surface area (Å²) in [6.07, 6.45) is 5.03. The quantitative estimate of drug-likeness (QED) is 0.491. The van der Waals surface area contributed by atoms with E-state index < -0.39 is 0 Å². The molecule has 1 saturated carbocycles. The predicted octanol–water partition coefficient (Wildman–Crippen LogP) is 3.24. The maximum atomic E-state index is 5.32. The molecule has 6 heteroatoms. The Morgan fingerprint density at radius 2 is 1.64 bits per heavy atom. The number of hydrogen-bond acceptors (Lipinski definition) is 2. The molecule has 0 heterocycles. The zero-order chi connectivity index (χ0) is 15.9. The first kappa shape index (κ1) is 17.0. The fourth-order valence-corrected chi connectivity index (χ4v) is 3.02.